The Balaban J connectivity index is 1.73. The van der Waals surface area contributed by atoms with Gasteiger partial charge >= 0.3 is 6.03 Å². The number of nitrogens with zero attached hydrogens (tertiary/aromatic N) is 1. The second kappa shape index (κ2) is 5.95. The first kappa shape index (κ1) is 15.4. The average molecular weight is 331 g/mol. The first-order chi connectivity index (χ1) is 11.4. The monoisotopic (exact) mass is 331 g/mol. The van der Waals surface area contributed by atoms with Crippen molar-refractivity contribution in [2.75, 3.05) is 10.6 Å². The van der Waals surface area contributed by atoms with Crippen LogP contribution in [0.1, 0.15) is 6.92 Å². The molecule has 3 rings (SSSR count). The zero-order chi connectivity index (χ0) is 17.3. The summed E-state index contributed by atoms with van der Waals surface area (Å²) in [5.41, 5.74) is 0.158. The van der Waals surface area contributed by atoms with E-state index in [2.05, 4.69) is 10.6 Å². The van der Waals surface area contributed by atoms with E-state index < -0.39 is 23.0 Å². The zero-order valence-corrected chi connectivity index (χ0v) is 12.5. The molecule has 0 aliphatic carbocycles. The molecule has 1 aliphatic rings. The Bertz CT molecular complexity index is 823. The number of hydrogen-bond acceptors (Lipinski definition) is 6. The summed E-state index contributed by atoms with van der Waals surface area (Å²) in [6.45, 7) is 1.72. The Kier molecular flexibility index (Phi) is 3.82. The van der Waals surface area contributed by atoms with Gasteiger partial charge in [0.05, 0.1) is 22.4 Å². The molecule has 2 amide bonds. The predicted octanol–water partition coefficient (Wildman–Crippen LogP) is 3.06. The van der Waals surface area contributed by atoms with Gasteiger partial charge in [0.25, 0.3) is 5.69 Å². The molecule has 0 saturated heterocycles. The molecule has 0 bridgehead atoms. The number of non-ortho nitro benzene ring substituents is 1. The lowest BCUT2D eigenvalue weighted by atomic mass is 10.2. The van der Waals surface area contributed by atoms with Crippen LogP contribution in [0.2, 0.25) is 0 Å². The van der Waals surface area contributed by atoms with Crippen molar-refractivity contribution in [3.63, 3.8) is 0 Å². The molecule has 1 atom stereocenters. The van der Waals surface area contributed by atoms with E-state index in [0.29, 0.717) is 17.2 Å². The van der Waals surface area contributed by atoms with Gasteiger partial charge in [0.15, 0.2) is 11.5 Å². The first-order valence-corrected chi connectivity index (χ1v) is 6.96. The van der Waals surface area contributed by atoms with Crippen LogP contribution >= 0.6 is 0 Å². The minimum atomic E-state index is -0.644. The lowest BCUT2D eigenvalue weighted by Crippen LogP contribution is -2.20. The van der Waals surface area contributed by atoms with Crippen LogP contribution < -0.4 is 20.1 Å². The van der Waals surface area contributed by atoms with E-state index >= 15 is 0 Å². The number of phenols is 1. The molecule has 24 heavy (non-hydrogen) atoms. The molecule has 0 aromatic heterocycles. The van der Waals surface area contributed by atoms with Gasteiger partial charge in [-0.3, -0.25) is 10.1 Å². The molecule has 9 heteroatoms. The second-order valence-corrected chi connectivity index (χ2v) is 4.97. The van der Waals surface area contributed by atoms with Gasteiger partial charge in [-0.1, -0.05) is 6.07 Å². The molecule has 3 N–H and O–H groups in total. The fourth-order valence-corrected chi connectivity index (χ4v) is 2.21. The molecule has 2 aromatic rings. The smallest absolute Gasteiger partial charge is 0.323 e. The van der Waals surface area contributed by atoms with Gasteiger partial charge in [-0.05, 0) is 18.2 Å². The number of urea groups is 1. The number of carbonyl (C=O) groups excluding carboxylic acids is 1. The lowest BCUT2D eigenvalue weighted by Gasteiger charge is -2.10. The quantitative estimate of drug-likeness (QED) is 0.451. The van der Waals surface area contributed by atoms with Gasteiger partial charge in [-0.15, -0.1) is 0 Å². The topological polar surface area (TPSA) is 123 Å². The van der Waals surface area contributed by atoms with Crippen molar-refractivity contribution in [2.24, 2.45) is 0 Å². The normalized spacial score (nSPS) is 15.0. The van der Waals surface area contributed by atoms with Crippen LogP contribution in [0.4, 0.5) is 21.9 Å². The zero-order valence-electron chi connectivity index (χ0n) is 12.5. The van der Waals surface area contributed by atoms with E-state index in [1.165, 1.54) is 12.1 Å². The summed E-state index contributed by atoms with van der Waals surface area (Å²) in [6, 6.07) is 7.77. The van der Waals surface area contributed by atoms with E-state index in [-0.39, 0.29) is 11.4 Å². The minimum absolute atomic E-state index is 0.0382. The number of rotatable bonds is 3. The molecular weight excluding hydrogens is 318 g/mol. The highest BCUT2D eigenvalue weighted by molar-refractivity contribution is 6.01. The van der Waals surface area contributed by atoms with E-state index in [4.69, 9.17) is 9.47 Å². The van der Waals surface area contributed by atoms with E-state index in [0.717, 1.165) is 6.07 Å². The number of amides is 2. The standard InChI is InChI=1S/C15H13N3O6/c1-8-23-13-4-2-3-11(14(13)24-8)17-15(20)16-10-6-5-9(18(21)22)7-12(10)19/h2-8,19H,1H3,(H2,16,17,20). The number of para-hydroxylation sites is 1. The fourth-order valence-electron chi connectivity index (χ4n) is 2.21. The third kappa shape index (κ3) is 3.00. The minimum Gasteiger partial charge on any atom is -0.506 e. The van der Waals surface area contributed by atoms with Gasteiger partial charge in [0, 0.05) is 13.0 Å². The Hall–Kier alpha value is -3.49. The number of fused-ring (bicyclic) bond motifs is 1. The summed E-state index contributed by atoms with van der Waals surface area (Å²) in [4.78, 5) is 22.1. The van der Waals surface area contributed by atoms with Crippen LogP contribution in [-0.2, 0) is 0 Å². The van der Waals surface area contributed by atoms with E-state index in [1.54, 1.807) is 25.1 Å². The lowest BCUT2D eigenvalue weighted by molar-refractivity contribution is -0.384. The Morgan fingerprint density at radius 1 is 1.21 bits per heavy atom. The number of carbonyl (C=O) groups is 1. The van der Waals surface area contributed by atoms with Crippen LogP contribution in [-0.4, -0.2) is 22.4 Å². The Morgan fingerprint density at radius 3 is 2.67 bits per heavy atom. The van der Waals surface area contributed by atoms with Gasteiger partial charge in [-0.2, -0.15) is 0 Å². The van der Waals surface area contributed by atoms with Crippen LogP contribution in [0, 0.1) is 10.1 Å². The number of phenolic OH excluding ortho intramolecular Hbond substituents is 1. The molecule has 2 aromatic carbocycles. The molecular formula is C15H13N3O6. The highest BCUT2D eigenvalue weighted by Crippen LogP contribution is 2.41. The van der Waals surface area contributed by atoms with Crippen LogP contribution in [0.25, 0.3) is 0 Å². The number of anilines is 2. The number of nitrogens with one attached hydrogen (secondary N) is 2. The fraction of sp³-hybridized carbons (Fsp3) is 0.133. The van der Waals surface area contributed by atoms with Gasteiger partial charge in [0.2, 0.25) is 6.29 Å². The highest BCUT2D eigenvalue weighted by atomic mass is 16.7. The second-order valence-electron chi connectivity index (χ2n) is 4.97. The third-order valence-electron chi connectivity index (χ3n) is 3.24. The van der Waals surface area contributed by atoms with Crippen molar-refractivity contribution < 1.29 is 24.3 Å². The summed E-state index contributed by atoms with van der Waals surface area (Å²) in [7, 11) is 0. The molecule has 0 saturated carbocycles. The Morgan fingerprint density at radius 2 is 1.96 bits per heavy atom. The number of nitro groups is 1. The molecule has 0 fully saturated rings. The number of aromatic hydroxyl groups is 1. The van der Waals surface area contributed by atoms with E-state index in [9.17, 15) is 20.0 Å². The van der Waals surface area contributed by atoms with E-state index in [1.807, 2.05) is 0 Å². The van der Waals surface area contributed by atoms with Crippen molar-refractivity contribution in [3.05, 3.63) is 46.5 Å². The maximum absolute atomic E-state index is 12.1. The SMILES string of the molecule is CC1Oc2cccc(NC(=O)Nc3ccc([N+](=O)[O-])cc3O)c2O1. The first-order valence-electron chi connectivity index (χ1n) is 6.96. The molecule has 1 heterocycles. The van der Waals surface area contributed by atoms with Gasteiger partial charge in [0.1, 0.15) is 5.75 Å². The summed E-state index contributed by atoms with van der Waals surface area (Å²) in [5.74, 6) is 0.511. The largest absolute Gasteiger partial charge is 0.506 e. The Labute approximate surface area is 136 Å². The van der Waals surface area contributed by atoms with Crippen molar-refractivity contribution >= 4 is 23.1 Å². The predicted molar refractivity (Wildman–Crippen MR) is 84.6 cm³/mol. The highest BCUT2D eigenvalue weighted by Gasteiger charge is 2.24. The van der Waals surface area contributed by atoms with Crippen LogP contribution in [0.5, 0.6) is 17.2 Å². The van der Waals surface area contributed by atoms with Crippen LogP contribution in [0.15, 0.2) is 36.4 Å². The van der Waals surface area contributed by atoms with Crippen LogP contribution in [0.3, 0.4) is 0 Å². The molecule has 0 radical (unpaired) electrons. The van der Waals surface area contributed by atoms with Crippen molar-refractivity contribution in [3.8, 4) is 17.2 Å². The summed E-state index contributed by atoms with van der Waals surface area (Å²) in [6.07, 6.45) is -0.454. The molecule has 1 aliphatic heterocycles. The average Bonchev–Trinajstić information content (AvgIpc) is 2.90. The molecule has 0 spiro atoms. The summed E-state index contributed by atoms with van der Waals surface area (Å²) < 4.78 is 10.9. The summed E-state index contributed by atoms with van der Waals surface area (Å²) >= 11 is 0. The number of ether oxygens (including phenoxy) is 2. The number of nitro benzene ring substituents is 1. The number of benzene rings is 2. The maximum atomic E-state index is 12.1. The molecule has 9 nitrogen and oxygen atoms in total. The molecule has 1 unspecified atom stereocenters. The third-order valence-corrected chi connectivity index (χ3v) is 3.24. The van der Waals surface area contributed by atoms with Gasteiger partial charge in [-0.25, -0.2) is 4.79 Å². The van der Waals surface area contributed by atoms with Crippen molar-refractivity contribution in [1.29, 1.82) is 0 Å². The summed E-state index contributed by atoms with van der Waals surface area (Å²) in [5, 5.41) is 25.4. The van der Waals surface area contributed by atoms with Crippen molar-refractivity contribution in [1.82, 2.24) is 0 Å². The van der Waals surface area contributed by atoms with Crippen molar-refractivity contribution in [2.45, 2.75) is 13.2 Å². The number of hydrogen-bond donors (Lipinski definition) is 3. The van der Waals surface area contributed by atoms with Gasteiger partial charge < -0.3 is 25.2 Å². The molecule has 124 valence electrons. The maximum Gasteiger partial charge on any atom is 0.323 e.